The van der Waals surface area contributed by atoms with E-state index in [9.17, 15) is 5.11 Å². The zero-order valence-electron chi connectivity index (χ0n) is 13.6. The van der Waals surface area contributed by atoms with E-state index >= 15 is 0 Å². The number of thioether (sulfide) groups is 1. The molecule has 121 valence electrons. The van der Waals surface area contributed by atoms with Gasteiger partial charge in [0.25, 0.3) is 0 Å². The highest BCUT2D eigenvalue weighted by molar-refractivity contribution is 7.98. The topological polar surface area (TPSA) is 29.1 Å². The largest absolute Gasteiger partial charge is 0.489 e. The third-order valence-corrected chi connectivity index (χ3v) is 4.79. The minimum atomic E-state index is 0.0965. The van der Waals surface area contributed by atoms with Crippen molar-refractivity contribution in [3.05, 3.63) is 89.5 Å². The van der Waals surface area contributed by atoms with Crippen molar-refractivity contribution in [2.45, 2.75) is 24.2 Å². The van der Waals surface area contributed by atoms with Gasteiger partial charge in [0.2, 0.25) is 0 Å². The van der Waals surface area contributed by atoms with Crippen LogP contribution in [-0.2, 0) is 17.5 Å². The summed E-state index contributed by atoms with van der Waals surface area (Å²) in [4.78, 5) is 1.12. The Morgan fingerprint density at radius 1 is 0.875 bits per heavy atom. The molecule has 0 fully saturated rings. The Morgan fingerprint density at radius 2 is 1.62 bits per heavy atom. The van der Waals surface area contributed by atoms with Crippen LogP contribution in [0.1, 0.15) is 16.7 Å². The normalized spacial score (nSPS) is 10.5. The second-order valence-corrected chi connectivity index (χ2v) is 6.68. The van der Waals surface area contributed by atoms with Gasteiger partial charge in [-0.1, -0.05) is 42.5 Å². The lowest BCUT2D eigenvalue weighted by Crippen LogP contribution is -1.94. The van der Waals surface area contributed by atoms with Crippen LogP contribution >= 0.6 is 11.8 Å². The molecule has 0 atom stereocenters. The first-order chi connectivity index (χ1) is 11.7. The van der Waals surface area contributed by atoms with Crippen LogP contribution < -0.4 is 4.74 Å². The molecule has 24 heavy (non-hydrogen) atoms. The summed E-state index contributed by atoms with van der Waals surface area (Å²) in [6, 6.07) is 23.8. The maximum atomic E-state index is 11.4. The lowest BCUT2D eigenvalue weighted by molar-refractivity contribution is 0.306. The number of hydrogen-bond acceptors (Lipinski definition) is 2. The van der Waals surface area contributed by atoms with Gasteiger partial charge in [0, 0.05) is 10.6 Å². The van der Waals surface area contributed by atoms with Crippen LogP contribution in [-0.4, -0.2) is 0 Å². The molecule has 3 rings (SSSR count). The average molecular weight is 335 g/mol. The van der Waals surface area contributed by atoms with E-state index in [2.05, 4.69) is 24.3 Å². The van der Waals surface area contributed by atoms with Crippen LogP contribution in [0, 0.1) is 6.92 Å². The molecule has 2 nitrogen and oxygen atoms in total. The van der Waals surface area contributed by atoms with Gasteiger partial charge in [0.1, 0.15) is 12.4 Å². The van der Waals surface area contributed by atoms with Gasteiger partial charge in [0.15, 0.2) is 5.75 Å². The van der Waals surface area contributed by atoms with Gasteiger partial charge in [0.05, 0.1) is 0 Å². The first-order valence-corrected chi connectivity index (χ1v) is 8.85. The van der Waals surface area contributed by atoms with E-state index in [1.807, 2.05) is 49.4 Å². The predicted octanol–water partition coefficient (Wildman–Crippen LogP) is 6.01. The lowest BCUT2D eigenvalue weighted by atomic mass is 10.2. The molecular formula is C21H19O2S. The van der Waals surface area contributed by atoms with E-state index in [0.717, 1.165) is 27.5 Å². The van der Waals surface area contributed by atoms with Crippen molar-refractivity contribution in [1.82, 2.24) is 0 Å². The first-order valence-electron chi connectivity index (χ1n) is 7.87. The molecule has 0 saturated carbocycles. The molecule has 0 N–H and O–H groups in total. The van der Waals surface area contributed by atoms with Crippen LogP contribution in [0.3, 0.4) is 0 Å². The average Bonchev–Trinajstić information content (AvgIpc) is 2.63. The Morgan fingerprint density at radius 3 is 2.33 bits per heavy atom. The fourth-order valence-electron chi connectivity index (χ4n) is 2.30. The third kappa shape index (κ3) is 4.56. The van der Waals surface area contributed by atoms with Gasteiger partial charge in [-0.15, -0.1) is 11.8 Å². The standard InChI is InChI=1S/C21H19O2S/c1-16-13-20(11-12-21(16)22)24-15-18-7-9-19(10-8-18)23-14-17-5-3-2-4-6-17/h2-13H,14-15H2,1H3. The SMILES string of the molecule is Cc1cc(SCc2ccc(OCc3ccccc3)cc2)ccc1[O]. The van der Waals surface area contributed by atoms with Crippen molar-refractivity contribution in [2.75, 3.05) is 0 Å². The number of benzene rings is 3. The molecule has 0 spiro atoms. The predicted molar refractivity (Wildman–Crippen MR) is 98.1 cm³/mol. The number of ether oxygens (including phenoxy) is 1. The van der Waals surface area contributed by atoms with E-state index < -0.39 is 0 Å². The summed E-state index contributed by atoms with van der Waals surface area (Å²) < 4.78 is 5.80. The molecule has 1 radical (unpaired) electrons. The summed E-state index contributed by atoms with van der Waals surface area (Å²) in [5.41, 5.74) is 3.19. The second kappa shape index (κ2) is 7.93. The summed E-state index contributed by atoms with van der Waals surface area (Å²) in [5, 5.41) is 11.4. The molecular weight excluding hydrogens is 316 g/mol. The van der Waals surface area contributed by atoms with E-state index in [1.165, 1.54) is 5.56 Å². The summed E-state index contributed by atoms with van der Waals surface area (Å²) >= 11 is 1.73. The molecule has 0 amide bonds. The van der Waals surface area contributed by atoms with Gasteiger partial charge in [-0.3, -0.25) is 5.11 Å². The van der Waals surface area contributed by atoms with Gasteiger partial charge in [-0.25, -0.2) is 0 Å². The number of hydrogen-bond donors (Lipinski definition) is 0. The van der Waals surface area contributed by atoms with E-state index in [0.29, 0.717) is 6.61 Å². The molecule has 0 bridgehead atoms. The number of aryl methyl sites for hydroxylation is 1. The molecule has 0 heterocycles. The van der Waals surface area contributed by atoms with E-state index in [-0.39, 0.29) is 5.75 Å². The van der Waals surface area contributed by atoms with Gasteiger partial charge >= 0.3 is 0 Å². The van der Waals surface area contributed by atoms with Gasteiger partial charge < -0.3 is 4.74 Å². The van der Waals surface area contributed by atoms with Crippen molar-refractivity contribution in [3.63, 3.8) is 0 Å². The Labute approximate surface area is 147 Å². The van der Waals surface area contributed by atoms with Crippen LogP contribution in [0.25, 0.3) is 0 Å². The van der Waals surface area contributed by atoms with Crippen molar-refractivity contribution < 1.29 is 9.84 Å². The Balaban J connectivity index is 1.53. The molecule has 0 aliphatic rings. The highest BCUT2D eigenvalue weighted by Crippen LogP contribution is 2.28. The second-order valence-electron chi connectivity index (χ2n) is 5.63. The summed E-state index contributed by atoms with van der Waals surface area (Å²) in [6.07, 6.45) is 0. The molecule has 3 heteroatoms. The highest BCUT2D eigenvalue weighted by Gasteiger charge is 2.02. The molecule has 0 unspecified atom stereocenters. The number of rotatable bonds is 6. The quantitative estimate of drug-likeness (QED) is 0.516. The minimum absolute atomic E-state index is 0.0965. The zero-order chi connectivity index (χ0) is 16.8. The van der Waals surface area contributed by atoms with Crippen molar-refractivity contribution in [1.29, 1.82) is 0 Å². The molecule has 0 aliphatic carbocycles. The summed E-state index contributed by atoms with van der Waals surface area (Å²) in [5.74, 6) is 1.84. The van der Waals surface area contributed by atoms with Crippen molar-refractivity contribution in [3.8, 4) is 11.5 Å². The maximum Gasteiger partial charge on any atom is 0.181 e. The van der Waals surface area contributed by atoms with E-state index in [1.54, 1.807) is 17.8 Å². The zero-order valence-corrected chi connectivity index (χ0v) is 14.4. The molecule has 3 aromatic carbocycles. The van der Waals surface area contributed by atoms with Crippen molar-refractivity contribution in [2.24, 2.45) is 0 Å². The third-order valence-electron chi connectivity index (χ3n) is 3.72. The lowest BCUT2D eigenvalue weighted by Gasteiger charge is -2.08. The minimum Gasteiger partial charge on any atom is -0.489 e. The van der Waals surface area contributed by atoms with Crippen molar-refractivity contribution >= 4 is 11.8 Å². The summed E-state index contributed by atoms with van der Waals surface area (Å²) in [7, 11) is 0. The fourth-order valence-corrected chi connectivity index (χ4v) is 3.25. The molecule has 3 aromatic rings. The fraction of sp³-hybridized carbons (Fsp3) is 0.143. The Hall–Kier alpha value is -2.39. The van der Waals surface area contributed by atoms with Crippen LogP contribution in [0.15, 0.2) is 77.7 Å². The Bertz CT molecular complexity index is 783. The smallest absolute Gasteiger partial charge is 0.181 e. The van der Waals surface area contributed by atoms with Gasteiger partial charge in [-0.05, 0) is 53.9 Å². The maximum absolute atomic E-state index is 11.4. The monoisotopic (exact) mass is 335 g/mol. The van der Waals surface area contributed by atoms with E-state index in [4.69, 9.17) is 4.74 Å². The highest BCUT2D eigenvalue weighted by atomic mass is 32.2. The van der Waals surface area contributed by atoms with Gasteiger partial charge in [-0.2, -0.15) is 0 Å². The Kier molecular flexibility index (Phi) is 5.44. The molecule has 0 aliphatic heterocycles. The molecule has 0 aromatic heterocycles. The van der Waals surface area contributed by atoms with Crippen LogP contribution in [0.5, 0.6) is 11.5 Å². The first kappa shape index (κ1) is 16.5. The summed E-state index contributed by atoms with van der Waals surface area (Å²) in [6.45, 7) is 2.43. The van der Waals surface area contributed by atoms with Crippen LogP contribution in [0.2, 0.25) is 0 Å². The molecule has 0 saturated heterocycles. The van der Waals surface area contributed by atoms with Crippen LogP contribution in [0.4, 0.5) is 0 Å².